The molecule has 2 amide bonds. The number of carbonyl (C=O) groups is 2. The number of aromatic nitrogens is 4. The number of urea groups is 1. The number of piperazine rings is 1. The third kappa shape index (κ3) is 7.88. The first kappa shape index (κ1) is 31.0. The second-order valence-electron chi connectivity index (χ2n) is 10.1. The van der Waals surface area contributed by atoms with Crippen molar-refractivity contribution in [1.29, 1.82) is 0 Å². The highest BCUT2D eigenvalue weighted by Gasteiger charge is 2.48. The Morgan fingerprint density at radius 1 is 1.24 bits per heavy atom. The van der Waals surface area contributed by atoms with Gasteiger partial charge >= 0.3 is 6.03 Å². The third-order valence-electron chi connectivity index (χ3n) is 7.41. The number of rotatable bonds is 8. The topological polar surface area (TPSA) is 150 Å². The molecule has 3 aliphatic rings. The Morgan fingerprint density at radius 2 is 2.07 bits per heavy atom. The van der Waals surface area contributed by atoms with Crippen LogP contribution in [0.15, 0.2) is 24.7 Å². The van der Waals surface area contributed by atoms with E-state index < -0.39 is 24.4 Å². The summed E-state index contributed by atoms with van der Waals surface area (Å²) in [5.74, 6) is -1.71. The molecule has 3 N–H and O–H groups in total. The van der Waals surface area contributed by atoms with Crippen LogP contribution in [-0.2, 0) is 9.53 Å². The van der Waals surface area contributed by atoms with Crippen molar-refractivity contribution in [3.63, 3.8) is 0 Å². The fraction of sp³-hybridized carbons (Fsp3) is 0.615. The van der Waals surface area contributed by atoms with E-state index >= 15 is 0 Å². The lowest BCUT2D eigenvalue weighted by Crippen LogP contribution is -2.60. The number of ether oxygens (including phenoxy) is 2. The van der Waals surface area contributed by atoms with Crippen molar-refractivity contribution >= 4 is 30.1 Å². The lowest BCUT2D eigenvalue weighted by molar-refractivity contribution is -0.132. The van der Waals surface area contributed by atoms with Gasteiger partial charge in [0.25, 0.3) is 12.4 Å². The van der Waals surface area contributed by atoms with Crippen LogP contribution in [0, 0.1) is 0 Å². The Balaban J connectivity index is 0.000000279. The van der Waals surface area contributed by atoms with Gasteiger partial charge in [0, 0.05) is 78.4 Å². The fourth-order valence-corrected chi connectivity index (χ4v) is 5.15. The van der Waals surface area contributed by atoms with Crippen LogP contribution in [0.5, 0.6) is 5.88 Å². The van der Waals surface area contributed by atoms with Crippen LogP contribution >= 0.6 is 0 Å². The van der Waals surface area contributed by atoms with E-state index in [4.69, 9.17) is 9.47 Å². The number of carbonyl (C=O) groups excluding carboxylic acids is 2. The van der Waals surface area contributed by atoms with Crippen LogP contribution in [0.25, 0.3) is 0 Å². The molecular formula is C26H38F2N10O4. The van der Waals surface area contributed by atoms with Gasteiger partial charge < -0.3 is 29.9 Å². The van der Waals surface area contributed by atoms with Crippen LogP contribution in [0.3, 0.4) is 0 Å². The van der Waals surface area contributed by atoms with E-state index in [1.54, 1.807) is 31.1 Å². The Bertz CT molecular complexity index is 1160. The normalized spacial score (nSPS) is 23.1. The highest BCUT2D eigenvalue weighted by Crippen LogP contribution is 2.33. The summed E-state index contributed by atoms with van der Waals surface area (Å²) in [5, 5.41) is 8.71. The smallest absolute Gasteiger partial charge is 0.323 e. The van der Waals surface area contributed by atoms with Crippen molar-refractivity contribution in [2.45, 2.75) is 43.9 Å². The molecule has 0 radical (unpaired) electrons. The summed E-state index contributed by atoms with van der Waals surface area (Å²) in [4.78, 5) is 44.2. The standard InChI is InChI=1S/C18H24F2N8O2.C8H14N2O2/c1-4-30-15-10-23-14(9-24-15)26-17(29)27(3)12-11-28(8-6-18(12,19)20)16-22-7-5-13(21-2)25-16;11-6-12-8-3-7-4-9-1-2-10(7)5-8/h5,7,9-10,12H,4,6,8,11H2,1-3H3,(H,21,22,25)(H,23,26,29);6-9H,1-5H2. The van der Waals surface area contributed by atoms with E-state index in [9.17, 15) is 18.4 Å². The number of hydrogen-bond donors (Lipinski definition) is 3. The van der Waals surface area contributed by atoms with Crippen molar-refractivity contribution in [2.75, 3.05) is 75.5 Å². The maximum Gasteiger partial charge on any atom is 0.323 e. The number of nitrogens with one attached hydrogen (secondary N) is 3. The molecule has 5 rings (SSSR count). The van der Waals surface area contributed by atoms with Gasteiger partial charge in [-0.15, -0.1) is 0 Å². The van der Waals surface area contributed by atoms with Crippen LogP contribution in [0.2, 0.25) is 0 Å². The van der Waals surface area contributed by atoms with E-state index in [2.05, 4.69) is 40.8 Å². The number of alkyl halides is 2. The monoisotopic (exact) mass is 592 g/mol. The van der Waals surface area contributed by atoms with Gasteiger partial charge in [0.05, 0.1) is 19.0 Å². The molecule has 5 heterocycles. The molecule has 42 heavy (non-hydrogen) atoms. The molecule has 16 heteroatoms. The molecule has 0 aromatic carbocycles. The van der Waals surface area contributed by atoms with Crippen molar-refractivity contribution in [2.24, 2.45) is 0 Å². The first-order valence-corrected chi connectivity index (χ1v) is 13.9. The van der Waals surface area contributed by atoms with E-state index in [1.807, 2.05) is 0 Å². The average molecular weight is 593 g/mol. The maximum atomic E-state index is 14.6. The number of piperidine rings is 1. The molecule has 3 unspecified atom stereocenters. The Kier molecular flexibility index (Phi) is 10.6. The van der Waals surface area contributed by atoms with E-state index in [0.717, 1.165) is 37.5 Å². The second-order valence-corrected chi connectivity index (χ2v) is 10.1. The third-order valence-corrected chi connectivity index (χ3v) is 7.41. The molecule has 3 fully saturated rings. The summed E-state index contributed by atoms with van der Waals surface area (Å²) >= 11 is 0. The minimum atomic E-state index is -3.06. The molecule has 3 saturated heterocycles. The molecule has 0 aliphatic carbocycles. The van der Waals surface area contributed by atoms with Gasteiger partial charge in [0.1, 0.15) is 18.0 Å². The van der Waals surface area contributed by atoms with Crippen LogP contribution < -0.4 is 25.6 Å². The molecule has 230 valence electrons. The fourth-order valence-electron chi connectivity index (χ4n) is 5.15. The minimum absolute atomic E-state index is 0.0799. The molecule has 3 atom stereocenters. The zero-order chi connectivity index (χ0) is 30.1. The summed E-state index contributed by atoms with van der Waals surface area (Å²) in [7, 11) is 3.03. The largest absolute Gasteiger partial charge is 0.477 e. The van der Waals surface area contributed by atoms with Crippen molar-refractivity contribution in [3.8, 4) is 5.88 Å². The first-order valence-electron chi connectivity index (χ1n) is 13.9. The molecule has 2 aromatic heterocycles. The summed E-state index contributed by atoms with van der Waals surface area (Å²) in [5.41, 5.74) is 0. The maximum absolute atomic E-state index is 14.6. The molecule has 0 spiro atoms. The van der Waals surface area contributed by atoms with Gasteiger partial charge in [-0.1, -0.05) is 0 Å². The van der Waals surface area contributed by atoms with Crippen molar-refractivity contribution in [3.05, 3.63) is 24.7 Å². The zero-order valence-corrected chi connectivity index (χ0v) is 24.0. The molecule has 0 bridgehead atoms. The number of halogens is 2. The quantitative estimate of drug-likeness (QED) is 0.379. The summed E-state index contributed by atoms with van der Waals surface area (Å²) in [6.07, 6.45) is 4.90. The van der Waals surface area contributed by atoms with Gasteiger partial charge in [0.15, 0.2) is 5.82 Å². The van der Waals surface area contributed by atoms with Crippen molar-refractivity contribution in [1.82, 2.24) is 35.1 Å². The molecule has 0 saturated carbocycles. The average Bonchev–Trinajstić information content (AvgIpc) is 3.41. The van der Waals surface area contributed by atoms with Crippen LogP contribution in [0.4, 0.5) is 31.2 Å². The number of hydrogen-bond acceptors (Lipinski definition) is 12. The van der Waals surface area contributed by atoms with Crippen LogP contribution in [-0.4, -0.2) is 126 Å². The highest BCUT2D eigenvalue weighted by atomic mass is 19.3. The molecule has 3 aliphatic heterocycles. The van der Waals surface area contributed by atoms with Gasteiger partial charge in [0.2, 0.25) is 11.8 Å². The number of amides is 2. The van der Waals surface area contributed by atoms with Gasteiger partial charge in [-0.05, 0) is 13.0 Å². The highest BCUT2D eigenvalue weighted by molar-refractivity contribution is 5.88. The number of likely N-dealkylation sites (N-methyl/N-ethyl adjacent to an activating group) is 1. The number of nitrogens with zero attached hydrogens (tertiary/aromatic N) is 7. The summed E-state index contributed by atoms with van der Waals surface area (Å²) in [6.45, 7) is 6.88. The lowest BCUT2D eigenvalue weighted by atomic mass is 10.00. The predicted octanol–water partition coefficient (Wildman–Crippen LogP) is 1.29. The van der Waals surface area contributed by atoms with Crippen LogP contribution in [0.1, 0.15) is 19.8 Å². The number of anilines is 3. The minimum Gasteiger partial charge on any atom is -0.477 e. The zero-order valence-electron chi connectivity index (χ0n) is 24.0. The number of fused-ring (bicyclic) bond motifs is 1. The Hall–Kier alpha value is -3.92. The molecule has 14 nitrogen and oxygen atoms in total. The first-order chi connectivity index (χ1) is 20.2. The van der Waals surface area contributed by atoms with Crippen molar-refractivity contribution < 1.29 is 27.8 Å². The second kappa shape index (κ2) is 14.3. The molecule has 2 aromatic rings. The lowest BCUT2D eigenvalue weighted by Gasteiger charge is -2.42. The Morgan fingerprint density at radius 3 is 2.76 bits per heavy atom. The van der Waals surface area contributed by atoms with E-state index in [-0.39, 0.29) is 25.0 Å². The van der Waals surface area contributed by atoms with E-state index in [1.165, 1.54) is 19.4 Å². The van der Waals surface area contributed by atoms with E-state index in [0.29, 0.717) is 36.8 Å². The van der Waals surface area contributed by atoms with Gasteiger partial charge in [-0.3, -0.25) is 15.0 Å². The van der Waals surface area contributed by atoms with Gasteiger partial charge in [-0.2, -0.15) is 4.98 Å². The Labute approximate surface area is 243 Å². The predicted molar refractivity (Wildman–Crippen MR) is 151 cm³/mol. The van der Waals surface area contributed by atoms with Gasteiger partial charge in [-0.25, -0.2) is 28.5 Å². The summed E-state index contributed by atoms with van der Waals surface area (Å²) < 4.78 is 39.4. The molecular weight excluding hydrogens is 554 g/mol. The SMILES string of the molecule is CCOc1cnc(NC(=O)N(C)C2CN(c3nccc(NC)n3)CCC2(F)F)cn1.O=COC1CC2CNCCN2C1. The summed E-state index contributed by atoms with van der Waals surface area (Å²) in [6, 6.07) is 0.175.